The Morgan fingerprint density at radius 3 is 2.43 bits per heavy atom. The van der Waals surface area contributed by atoms with Crippen molar-refractivity contribution >= 4 is 17.6 Å². The first-order chi connectivity index (χ1) is 14.3. The number of fused-ring (bicyclic) bond motifs is 4. The van der Waals surface area contributed by atoms with Crippen molar-refractivity contribution in [2.24, 2.45) is 5.41 Å². The number of piperidine rings is 1. The van der Waals surface area contributed by atoms with E-state index in [0.29, 0.717) is 13.0 Å². The van der Waals surface area contributed by atoms with E-state index in [0.717, 1.165) is 17.7 Å². The van der Waals surface area contributed by atoms with E-state index in [4.69, 9.17) is 9.47 Å². The number of halogens is 1. The number of hydrogen-bond acceptors (Lipinski definition) is 5. The van der Waals surface area contributed by atoms with Crippen LogP contribution in [0.3, 0.4) is 0 Å². The smallest absolute Gasteiger partial charge is 0.329 e. The molecule has 0 unspecified atom stereocenters. The predicted molar refractivity (Wildman–Crippen MR) is 108 cm³/mol. The number of carbonyl (C=O) groups excluding carboxylic acids is 2. The lowest BCUT2D eigenvalue weighted by molar-refractivity contribution is -0.253. The molecule has 2 aromatic carbocycles. The van der Waals surface area contributed by atoms with E-state index < -0.39 is 29.2 Å². The highest BCUT2D eigenvalue weighted by atomic mass is 19.1. The molecule has 2 aromatic rings. The summed E-state index contributed by atoms with van der Waals surface area (Å²) in [4.78, 5) is 28.7. The fourth-order valence-corrected chi connectivity index (χ4v) is 5.27. The SMILES string of the molecule is CC1(C)OC(=O)C2(Cc3ccc(F)cc3N3CC[C@@H](c4ccccc4)C[C@H]32)C(=O)O1. The Hall–Kier alpha value is -2.89. The lowest BCUT2D eigenvalue weighted by Gasteiger charge is -2.54. The predicted octanol–water partition coefficient (Wildman–Crippen LogP) is 3.96. The summed E-state index contributed by atoms with van der Waals surface area (Å²) in [6.45, 7) is 3.74. The standard InChI is InChI=1S/C24H24FNO4/c1-23(2)29-21(27)24(22(28)30-23)14-17-8-9-18(25)13-19(17)26-11-10-16(12-20(24)26)15-6-4-3-5-7-15/h3-9,13,16,20H,10-12,14H2,1-2H3/t16-,20+/m1/s1. The summed E-state index contributed by atoms with van der Waals surface area (Å²) in [5, 5.41) is 0. The molecule has 6 heteroatoms. The molecule has 156 valence electrons. The number of anilines is 1. The molecular weight excluding hydrogens is 385 g/mol. The molecule has 0 aliphatic carbocycles. The molecule has 0 amide bonds. The lowest BCUT2D eigenvalue weighted by Crippen LogP contribution is -2.67. The summed E-state index contributed by atoms with van der Waals surface area (Å²) in [6, 6.07) is 14.2. The maximum atomic E-state index is 14.1. The van der Waals surface area contributed by atoms with Gasteiger partial charge in [0.05, 0.1) is 6.04 Å². The van der Waals surface area contributed by atoms with Gasteiger partial charge >= 0.3 is 11.9 Å². The highest BCUT2D eigenvalue weighted by Gasteiger charge is 2.64. The highest BCUT2D eigenvalue weighted by Crippen LogP contribution is 2.51. The van der Waals surface area contributed by atoms with Crippen LogP contribution in [0.4, 0.5) is 10.1 Å². The van der Waals surface area contributed by atoms with Crippen molar-refractivity contribution < 1.29 is 23.5 Å². The van der Waals surface area contributed by atoms with E-state index in [2.05, 4.69) is 12.1 Å². The first kappa shape index (κ1) is 19.1. The quantitative estimate of drug-likeness (QED) is 0.527. The van der Waals surface area contributed by atoms with E-state index in [1.54, 1.807) is 19.9 Å². The molecule has 3 heterocycles. The number of hydrogen-bond donors (Lipinski definition) is 0. The van der Waals surface area contributed by atoms with Gasteiger partial charge in [-0.05, 0) is 42.0 Å². The molecule has 2 saturated heterocycles. The number of carbonyl (C=O) groups is 2. The normalized spacial score (nSPS) is 26.4. The molecule has 2 atom stereocenters. The minimum Gasteiger partial charge on any atom is -0.422 e. The van der Waals surface area contributed by atoms with Crippen LogP contribution in [0.5, 0.6) is 0 Å². The van der Waals surface area contributed by atoms with Crippen molar-refractivity contribution in [2.45, 2.75) is 50.9 Å². The molecule has 0 N–H and O–H groups in total. The van der Waals surface area contributed by atoms with Gasteiger partial charge in [-0.25, -0.2) is 4.39 Å². The second kappa shape index (κ2) is 6.56. The van der Waals surface area contributed by atoms with Crippen LogP contribution in [-0.4, -0.2) is 30.3 Å². The molecule has 0 radical (unpaired) electrons. The summed E-state index contributed by atoms with van der Waals surface area (Å²) < 4.78 is 25.2. The second-order valence-corrected chi connectivity index (χ2v) is 8.94. The maximum Gasteiger partial charge on any atom is 0.329 e. The van der Waals surface area contributed by atoms with Crippen molar-refractivity contribution in [3.63, 3.8) is 0 Å². The van der Waals surface area contributed by atoms with Crippen LogP contribution in [0, 0.1) is 11.2 Å². The Labute approximate surface area is 174 Å². The van der Waals surface area contributed by atoms with Gasteiger partial charge in [-0.2, -0.15) is 0 Å². The van der Waals surface area contributed by atoms with Crippen molar-refractivity contribution in [1.29, 1.82) is 0 Å². The molecule has 1 spiro atoms. The Kier molecular flexibility index (Phi) is 4.17. The molecular formula is C24H24FNO4. The second-order valence-electron chi connectivity index (χ2n) is 8.94. The Morgan fingerprint density at radius 1 is 1.03 bits per heavy atom. The molecule has 0 bridgehead atoms. The van der Waals surface area contributed by atoms with Gasteiger partial charge in [0.15, 0.2) is 5.41 Å². The van der Waals surface area contributed by atoms with Crippen LogP contribution in [0.1, 0.15) is 43.7 Å². The van der Waals surface area contributed by atoms with Gasteiger partial charge in [0.1, 0.15) is 5.82 Å². The van der Waals surface area contributed by atoms with Gasteiger partial charge in [-0.1, -0.05) is 36.4 Å². The lowest BCUT2D eigenvalue weighted by atomic mass is 9.65. The average Bonchev–Trinajstić information content (AvgIpc) is 2.72. The van der Waals surface area contributed by atoms with Crippen molar-refractivity contribution in [3.8, 4) is 0 Å². The van der Waals surface area contributed by atoms with Gasteiger partial charge in [0, 0.05) is 32.5 Å². The zero-order valence-corrected chi connectivity index (χ0v) is 17.1. The maximum absolute atomic E-state index is 14.1. The van der Waals surface area contributed by atoms with Crippen LogP contribution in [-0.2, 0) is 25.5 Å². The third-order valence-corrected chi connectivity index (χ3v) is 6.67. The zero-order chi connectivity index (χ0) is 21.1. The summed E-state index contributed by atoms with van der Waals surface area (Å²) in [6.07, 6.45) is 1.59. The van der Waals surface area contributed by atoms with E-state index in [-0.39, 0.29) is 18.2 Å². The monoisotopic (exact) mass is 409 g/mol. The Morgan fingerprint density at radius 2 is 1.73 bits per heavy atom. The molecule has 0 aromatic heterocycles. The van der Waals surface area contributed by atoms with E-state index in [1.165, 1.54) is 17.7 Å². The van der Waals surface area contributed by atoms with Crippen LogP contribution < -0.4 is 4.90 Å². The summed E-state index contributed by atoms with van der Waals surface area (Å²) >= 11 is 0. The summed E-state index contributed by atoms with van der Waals surface area (Å²) in [7, 11) is 0. The number of benzene rings is 2. The largest absolute Gasteiger partial charge is 0.422 e. The molecule has 5 nitrogen and oxygen atoms in total. The van der Waals surface area contributed by atoms with Crippen LogP contribution in [0.25, 0.3) is 0 Å². The topological polar surface area (TPSA) is 55.8 Å². The fraction of sp³-hybridized carbons (Fsp3) is 0.417. The van der Waals surface area contributed by atoms with Crippen molar-refractivity contribution in [1.82, 2.24) is 0 Å². The molecule has 0 saturated carbocycles. The van der Waals surface area contributed by atoms with Gasteiger partial charge in [0.2, 0.25) is 0 Å². The molecule has 3 aliphatic rings. The van der Waals surface area contributed by atoms with Crippen molar-refractivity contribution in [3.05, 3.63) is 65.5 Å². The average molecular weight is 409 g/mol. The number of ether oxygens (including phenoxy) is 2. The number of rotatable bonds is 1. The van der Waals surface area contributed by atoms with Gasteiger partial charge in [-0.15, -0.1) is 0 Å². The third kappa shape index (κ3) is 2.81. The molecule has 30 heavy (non-hydrogen) atoms. The van der Waals surface area contributed by atoms with Gasteiger partial charge in [0.25, 0.3) is 5.79 Å². The van der Waals surface area contributed by atoms with E-state index >= 15 is 0 Å². The van der Waals surface area contributed by atoms with Crippen LogP contribution in [0.2, 0.25) is 0 Å². The van der Waals surface area contributed by atoms with Crippen LogP contribution >= 0.6 is 0 Å². The third-order valence-electron chi connectivity index (χ3n) is 6.67. The minimum absolute atomic E-state index is 0.152. The number of cyclic esters (lactones) is 2. The zero-order valence-electron chi connectivity index (χ0n) is 17.1. The first-order valence-electron chi connectivity index (χ1n) is 10.4. The first-order valence-corrected chi connectivity index (χ1v) is 10.4. The number of esters is 2. The summed E-state index contributed by atoms with van der Waals surface area (Å²) in [5.41, 5.74) is 1.24. The molecule has 3 aliphatic heterocycles. The van der Waals surface area contributed by atoms with E-state index in [9.17, 15) is 14.0 Å². The van der Waals surface area contributed by atoms with Gasteiger partial charge < -0.3 is 14.4 Å². The summed E-state index contributed by atoms with van der Waals surface area (Å²) in [5.74, 6) is -2.54. The van der Waals surface area contributed by atoms with Crippen LogP contribution in [0.15, 0.2) is 48.5 Å². The minimum atomic E-state index is -1.45. The molecule has 5 rings (SSSR count). The number of nitrogens with zero attached hydrogens (tertiary/aromatic N) is 1. The van der Waals surface area contributed by atoms with E-state index in [1.807, 2.05) is 23.1 Å². The Balaban J connectivity index is 1.62. The Bertz CT molecular complexity index is 999. The van der Waals surface area contributed by atoms with Gasteiger partial charge in [-0.3, -0.25) is 9.59 Å². The fourth-order valence-electron chi connectivity index (χ4n) is 5.27. The highest BCUT2D eigenvalue weighted by molar-refractivity contribution is 6.04. The van der Waals surface area contributed by atoms with Crippen molar-refractivity contribution in [2.75, 3.05) is 11.4 Å². The molecule has 2 fully saturated rings.